The van der Waals surface area contributed by atoms with Gasteiger partial charge in [0.2, 0.25) is 0 Å². The van der Waals surface area contributed by atoms with Gasteiger partial charge in [0.15, 0.2) is 0 Å². The summed E-state index contributed by atoms with van der Waals surface area (Å²) in [5, 5.41) is 5.45. The Morgan fingerprint density at radius 2 is 2.32 bits per heavy atom. The number of ether oxygens (including phenoxy) is 1. The normalized spacial score (nSPS) is 17.3. The van der Waals surface area contributed by atoms with E-state index in [9.17, 15) is 4.39 Å². The maximum Gasteiger partial charge on any atom is 0.123 e. The van der Waals surface area contributed by atoms with E-state index in [4.69, 9.17) is 4.74 Å². The number of fused-ring (bicyclic) bond motifs is 1. The van der Waals surface area contributed by atoms with E-state index in [0.717, 1.165) is 35.3 Å². The van der Waals surface area contributed by atoms with Crippen LogP contribution in [-0.4, -0.2) is 12.6 Å². The molecule has 1 unspecified atom stereocenters. The number of nitrogens with one attached hydrogen (secondary N) is 1. The zero-order chi connectivity index (χ0) is 13.2. The molecular formula is C14H13BrFNOS. The molecule has 0 fully saturated rings. The molecule has 0 radical (unpaired) electrons. The molecular weight excluding hydrogens is 329 g/mol. The Kier molecular flexibility index (Phi) is 3.86. The van der Waals surface area contributed by atoms with Gasteiger partial charge < -0.3 is 10.1 Å². The Labute approximate surface area is 123 Å². The number of hydrogen-bond acceptors (Lipinski definition) is 3. The fourth-order valence-corrected chi connectivity index (χ4v) is 3.63. The summed E-state index contributed by atoms with van der Waals surface area (Å²) in [5.74, 6) is 0.617. The molecule has 0 bridgehead atoms. The summed E-state index contributed by atoms with van der Waals surface area (Å²) in [4.78, 5) is 1.29. The molecule has 2 aromatic rings. The van der Waals surface area contributed by atoms with Gasteiger partial charge in [-0.15, -0.1) is 11.3 Å². The van der Waals surface area contributed by atoms with Gasteiger partial charge in [-0.05, 0) is 40.2 Å². The zero-order valence-electron chi connectivity index (χ0n) is 10.2. The molecule has 100 valence electrons. The Bertz CT molecular complexity index is 587. The van der Waals surface area contributed by atoms with Crippen molar-refractivity contribution >= 4 is 27.3 Å². The molecule has 1 aromatic carbocycles. The smallest absolute Gasteiger partial charge is 0.123 e. The van der Waals surface area contributed by atoms with Crippen molar-refractivity contribution in [3.63, 3.8) is 0 Å². The highest BCUT2D eigenvalue weighted by Crippen LogP contribution is 2.29. The summed E-state index contributed by atoms with van der Waals surface area (Å²) < 4.78 is 20.0. The first-order chi connectivity index (χ1) is 9.20. The van der Waals surface area contributed by atoms with E-state index in [1.165, 1.54) is 10.9 Å². The lowest BCUT2D eigenvalue weighted by Gasteiger charge is -2.11. The van der Waals surface area contributed by atoms with E-state index in [0.29, 0.717) is 0 Å². The Balaban J connectivity index is 1.51. The Hall–Kier alpha value is -0.910. The minimum Gasteiger partial charge on any atom is -0.488 e. The molecule has 5 heteroatoms. The van der Waals surface area contributed by atoms with E-state index in [2.05, 4.69) is 32.7 Å². The molecule has 19 heavy (non-hydrogen) atoms. The summed E-state index contributed by atoms with van der Waals surface area (Å²) in [5.41, 5.74) is 0.964. The van der Waals surface area contributed by atoms with Gasteiger partial charge in [-0.3, -0.25) is 0 Å². The molecule has 1 N–H and O–H groups in total. The van der Waals surface area contributed by atoms with Gasteiger partial charge in [0.05, 0.1) is 0 Å². The minimum atomic E-state index is -0.195. The fourth-order valence-electron chi connectivity index (χ4n) is 2.21. The van der Waals surface area contributed by atoms with E-state index in [-0.39, 0.29) is 11.9 Å². The fraction of sp³-hybridized carbons (Fsp3) is 0.286. The van der Waals surface area contributed by atoms with Crippen LogP contribution in [-0.2, 0) is 13.0 Å². The highest BCUT2D eigenvalue weighted by molar-refractivity contribution is 9.10. The molecule has 1 aliphatic rings. The predicted octanol–water partition coefficient (Wildman–Crippen LogP) is 3.74. The molecule has 0 spiro atoms. The molecule has 3 rings (SSSR count). The minimum absolute atomic E-state index is 0.0974. The van der Waals surface area contributed by atoms with E-state index in [1.807, 2.05) is 0 Å². The van der Waals surface area contributed by atoms with Gasteiger partial charge in [-0.2, -0.15) is 0 Å². The second-order valence-electron chi connectivity index (χ2n) is 4.56. The van der Waals surface area contributed by atoms with Crippen molar-refractivity contribution in [2.24, 2.45) is 0 Å². The van der Waals surface area contributed by atoms with Crippen molar-refractivity contribution in [1.82, 2.24) is 5.32 Å². The van der Waals surface area contributed by atoms with Crippen molar-refractivity contribution in [2.45, 2.75) is 19.1 Å². The van der Waals surface area contributed by atoms with Crippen molar-refractivity contribution < 1.29 is 9.13 Å². The van der Waals surface area contributed by atoms with Gasteiger partial charge in [-0.1, -0.05) is 0 Å². The topological polar surface area (TPSA) is 21.3 Å². The lowest BCUT2D eigenvalue weighted by molar-refractivity contribution is 0.227. The summed E-state index contributed by atoms with van der Waals surface area (Å²) >= 11 is 5.16. The van der Waals surface area contributed by atoms with Crippen LogP contribution in [0.5, 0.6) is 5.75 Å². The number of rotatable bonds is 4. The summed E-state index contributed by atoms with van der Waals surface area (Å²) in [6, 6.07) is 6.82. The molecule has 0 saturated heterocycles. The lowest BCUT2D eigenvalue weighted by atomic mass is 10.1. The van der Waals surface area contributed by atoms with Crippen LogP contribution in [0.15, 0.2) is 34.1 Å². The molecule has 2 heterocycles. The zero-order valence-corrected chi connectivity index (χ0v) is 12.6. The number of halogens is 2. The van der Waals surface area contributed by atoms with Crippen LogP contribution >= 0.6 is 27.3 Å². The molecule has 1 aromatic heterocycles. The molecule has 2 nitrogen and oxygen atoms in total. The van der Waals surface area contributed by atoms with Gasteiger partial charge in [0.25, 0.3) is 0 Å². The van der Waals surface area contributed by atoms with Crippen LogP contribution in [0.1, 0.15) is 10.4 Å². The average Bonchev–Trinajstić information content (AvgIpc) is 2.95. The lowest BCUT2D eigenvalue weighted by Crippen LogP contribution is -2.29. The van der Waals surface area contributed by atoms with Crippen LogP contribution in [0.25, 0.3) is 0 Å². The van der Waals surface area contributed by atoms with Crippen molar-refractivity contribution in [1.29, 1.82) is 0 Å². The maximum atomic E-state index is 13.1. The first-order valence-corrected chi connectivity index (χ1v) is 7.77. The van der Waals surface area contributed by atoms with E-state index < -0.39 is 0 Å². The molecule has 0 saturated carbocycles. The largest absolute Gasteiger partial charge is 0.488 e. The highest BCUT2D eigenvalue weighted by Gasteiger charge is 2.22. The average molecular weight is 342 g/mol. The monoisotopic (exact) mass is 341 g/mol. The van der Waals surface area contributed by atoms with Gasteiger partial charge in [0, 0.05) is 39.8 Å². The molecule has 0 amide bonds. The van der Waals surface area contributed by atoms with E-state index in [1.54, 1.807) is 23.5 Å². The molecule has 1 atom stereocenters. The third-order valence-corrected chi connectivity index (χ3v) is 4.75. The third-order valence-electron chi connectivity index (χ3n) is 3.06. The van der Waals surface area contributed by atoms with Crippen LogP contribution in [0, 0.1) is 5.82 Å². The number of hydrogen-bond donors (Lipinski definition) is 1. The second-order valence-corrected chi connectivity index (χ2v) is 6.47. The van der Waals surface area contributed by atoms with Crippen molar-refractivity contribution in [2.75, 3.05) is 6.54 Å². The number of benzene rings is 1. The van der Waals surface area contributed by atoms with Crippen LogP contribution < -0.4 is 10.1 Å². The quantitative estimate of drug-likeness (QED) is 0.914. The molecule has 1 aliphatic heterocycles. The molecule has 0 aliphatic carbocycles. The maximum absolute atomic E-state index is 13.1. The first kappa shape index (κ1) is 13.1. The Morgan fingerprint density at radius 3 is 3.11 bits per heavy atom. The van der Waals surface area contributed by atoms with Gasteiger partial charge in [-0.25, -0.2) is 4.39 Å². The van der Waals surface area contributed by atoms with Crippen LogP contribution in [0.4, 0.5) is 4.39 Å². The number of thiophene rings is 1. The Morgan fingerprint density at radius 1 is 1.42 bits per heavy atom. The summed E-state index contributed by atoms with van der Waals surface area (Å²) in [6.45, 7) is 1.60. The summed E-state index contributed by atoms with van der Waals surface area (Å²) in [7, 11) is 0. The first-order valence-electron chi connectivity index (χ1n) is 6.09. The summed E-state index contributed by atoms with van der Waals surface area (Å²) in [6.07, 6.45) is 0.869. The van der Waals surface area contributed by atoms with Crippen LogP contribution in [0.3, 0.4) is 0 Å². The third kappa shape index (κ3) is 3.16. The second kappa shape index (κ2) is 5.61. The van der Waals surface area contributed by atoms with Crippen LogP contribution in [0.2, 0.25) is 0 Å². The van der Waals surface area contributed by atoms with Gasteiger partial charge >= 0.3 is 0 Å². The van der Waals surface area contributed by atoms with Crippen molar-refractivity contribution in [3.05, 3.63) is 50.4 Å². The SMILES string of the molecule is Fc1ccc2c(c1)CC(CNCc1cc(Br)cs1)O2. The predicted molar refractivity (Wildman–Crippen MR) is 78.2 cm³/mol. The van der Waals surface area contributed by atoms with Crippen molar-refractivity contribution in [3.8, 4) is 5.75 Å². The van der Waals surface area contributed by atoms with Gasteiger partial charge in [0.1, 0.15) is 17.7 Å². The van der Waals surface area contributed by atoms with E-state index >= 15 is 0 Å². The highest BCUT2D eigenvalue weighted by atomic mass is 79.9. The standard InChI is InChI=1S/C14H13BrFNOS/c15-10-5-13(19-8-10)7-17-6-12-4-9-3-11(16)1-2-14(9)18-12/h1-3,5,8,12,17H,4,6-7H2.